The molecule has 1 atom stereocenters. The molecular formula is C11H19N3O2S. The Morgan fingerprint density at radius 2 is 2.18 bits per heavy atom. The molecule has 0 radical (unpaired) electrons. The van der Waals surface area contributed by atoms with Crippen LogP contribution in [-0.2, 0) is 9.84 Å². The molecule has 0 bridgehead atoms. The van der Waals surface area contributed by atoms with E-state index in [1.807, 2.05) is 6.92 Å². The zero-order chi connectivity index (χ0) is 12.5. The SMILES string of the molecule is CC[C@@H](N)c1cncn1C1CCS(=O)(=O)CC1. The van der Waals surface area contributed by atoms with Gasteiger partial charge in [-0.25, -0.2) is 13.4 Å². The summed E-state index contributed by atoms with van der Waals surface area (Å²) >= 11 is 0. The molecule has 0 unspecified atom stereocenters. The quantitative estimate of drug-likeness (QED) is 0.877. The molecule has 0 amide bonds. The van der Waals surface area contributed by atoms with Gasteiger partial charge >= 0.3 is 0 Å². The maximum Gasteiger partial charge on any atom is 0.150 e. The van der Waals surface area contributed by atoms with Gasteiger partial charge in [-0.3, -0.25) is 0 Å². The minimum Gasteiger partial charge on any atom is -0.330 e. The predicted molar refractivity (Wildman–Crippen MR) is 66.4 cm³/mol. The Morgan fingerprint density at radius 1 is 1.53 bits per heavy atom. The number of sulfone groups is 1. The molecule has 1 aromatic heterocycles. The summed E-state index contributed by atoms with van der Waals surface area (Å²) in [5.74, 6) is 0.549. The van der Waals surface area contributed by atoms with Gasteiger partial charge in [0.05, 0.1) is 23.5 Å². The van der Waals surface area contributed by atoms with E-state index in [2.05, 4.69) is 9.55 Å². The van der Waals surface area contributed by atoms with Gasteiger partial charge in [-0.2, -0.15) is 0 Å². The first-order valence-corrected chi connectivity index (χ1v) is 7.83. The molecule has 1 fully saturated rings. The number of imidazole rings is 1. The third kappa shape index (κ3) is 2.69. The fraction of sp³-hybridized carbons (Fsp3) is 0.727. The Hall–Kier alpha value is -0.880. The highest BCUT2D eigenvalue weighted by Gasteiger charge is 2.26. The summed E-state index contributed by atoms with van der Waals surface area (Å²) < 4.78 is 24.8. The molecule has 1 aromatic rings. The zero-order valence-electron chi connectivity index (χ0n) is 10.0. The molecule has 0 aliphatic carbocycles. The van der Waals surface area contributed by atoms with Crippen LogP contribution in [0.4, 0.5) is 0 Å². The second kappa shape index (κ2) is 4.78. The van der Waals surface area contributed by atoms with Crippen LogP contribution < -0.4 is 5.73 Å². The highest BCUT2D eigenvalue weighted by molar-refractivity contribution is 7.91. The van der Waals surface area contributed by atoms with Gasteiger partial charge in [-0.05, 0) is 19.3 Å². The Morgan fingerprint density at radius 3 is 2.76 bits per heavy atom. The normalized spacial score (nSPS) is 22.5. The fourth-order valence-corrected chi connectivity index (χ4v) is 3.74. The molecule has 2 N–H and O–H groups in total. The van der Waals surface area contributed by atoms with Gasteiger partial charge in [0.1, 0.15) is 9.84 Å². The van der Waals surface area contributed by atoms with E-state index >= 15 is 0 Å². The van der Waals surface area contributed by atoms with E-state index in [0.29, 0.717) is 12.8 Å². The summed E-state index contributed by atoms with van der Waals surface area (Å²) in [7, 11) is -2.81. The third-order valence-corrected chi connectivity index (χ3v) is 5.15. The van der Waals surface area contributed by atoms with Crippen LogP contribution in [0.1, 0.15) is 44.0 Å². The predicted octanol–water partition coefficient (Wildman–Crippen LogP) is 1.04. The molecule has 1 aliphatic heterocycles. The average Bonchev–Trinajstić information content (AvgIpc) is 2.77. The Bertz CT molecular complexity index is 467. The lowest BCUT2D eigenvalue weighted by Gasteiger charge is -2.26. The molecule has 0 aromatic carbocycles. The van der Waals surface area contributed by atoms with Crippen LogP contribution in [0.25, 0.3) is 0 Å². The highest BCUT2D eigenvalue weighted by Crippen LogP contribution is 2.27. The first kappa shape index (κ1) is 12.6. The number of nitrogens with zero attached hydrogens (tertiary/aromatic N) is 2. The van der Waals surface area contributed by atoms with Crippen molar-refractivity contribution < 1.29 is 8.42 Å². The van der Waals surface area contributed by atoms with Crippen LogP contribution in [0.5, 0.6) is 0 Å². The lowest BCUT2D eigenvalue weighted by atomic mass is 10.1. The molecule has 96 valence electrons. The van der Waals surface area contributed by atoms with Gasteiger partial charge in [-0.1, -0.05) is 6.92 Å². The average molecular weight is 257 g/mol. The van der Waals surface area contributed by atoms with Crippen molar-refractivity contribution in [2.75, 3.05) is 11.5 Å². The first-order chi connectivity index (χ1) is 8.03. The summed E-state index contributed by atoms with van der Waals surface area (Å²) in [6.07, 6.45) is 5.76. The molecule has 6 heteroatoms. The van der Waals surface area contributed by atoms with Crippen molar-refractivity contribution >= 4 is 9.84 Å². The largest absolute Gasteiger partial charge is 0.330 e. The second-order valence-corrected chi connectivity index (χ2v) is 6.93. The lowest BCUT2D eigenvalue weighted by Crippen LogP contribution is -2.27. The van der Waals surface area contributed by atoms with Crippen molar-refractivity contribution in [2.45, 2.75) is 38.3 Å². The minimum atomic E-state index is -2.81. The highest BCUT2D eigenvalue weighted by atomic mass is 32.2. The van der Waals surface area contributed by atoms with Crippen molar-refractivity contribution in [3.8, 4) is 0 Å². The number of aromatic nitrogens is 2. The van der Waals surface area contributed by atoms with Gasteiger partial charge in [0, 0.05) is 18.3 Å². The maximum absolute atomic E-state index is 11.4. The molecule has 5 nitrogen and oxygen atoms in total. The Kier molecular flexibility index (Phi) is 3.53. The van der Waals surface area contributed by atoms with Gasteiger partial charge in [-0.15, -0.1) is 0 Å². The van der Waals surface area contributed by atoms with E-state index in [1.165, 1.54) is 0 Å². The summed E-state index contributed by atoms with van der Waals surface area (Å²) in [4.78, 5) is 4.14. The van der Waals surface area contributed by atoms with E-state index in [4.69, 9.17) is 5.73 Å². The van der Waals surface area contributed by atoms with E-state index in [9.17, 15) is 8.42 Å². The lowest BCUT2D eigenvalue weighted by molar-refractivity contribution is 0.427. The topological polar surface area (TPSA) is 78.0 Å². The molecule has 1 aliphatic rings. The van der Waals surface area contributed by atoms with Crippen molar-refractivity contribution in [1.82, 2.24) is 9.55 Å². The zero-order valence-corrected chi connectivity index (χ0v) is 10.9. The van der Waals surface area contributed by atoms with Crippen molar-refractivity contribution in [2.24, 2.45) is 5.73 Å². The molecule has 2 rings (SSSR count). The van der Waals surface area contributed by atoms with Crippen LogP contribution in [-0.4, -0.2) is 29.5 Å². The summed E-state index contributed by atoms with van der Waals surface area (Å²) in [6, 6.07) is 0.213. The molecule has 2 heterocycles. The number of hydrogen-bond acceptors (Lipinski definition) is 4. The van der Waals surface area contributed by atoms with Gasteiger partial charge in [0.25, 0.3) is 0 Å². The van der Waals surface area contributed by atoms with Crippen molar-refractivity contribution in [1.29, 1.82) is 0 Å². The standard InChI is InChI=1S/C11H19N3O2S/c1-2-10(12)11-7-13-8-14(11)9-3-5-17(15,16)6-4-9/h7-10H,2-6,12H2,1H3/t10-/m1/s1. The maximum atomic E-state index is 11.4. The molecule has 17 heavy (non-hydrogen) atoms. The van der Waals surface area contributed by atoms with Crippen molar-refractivity contribution in [3.05, 3.63) is 18.2 Å². The van der Waals surface area contributed by atoms with E-state index < -0.39 is 9.84 Å². The van der Waals surface area contributed by atoms with Crippen LogP contribution >= 0.6 is 0 Å². The second-order valence-electron chi connectivity index (χ2n) is 4.62. The number of rotatable bonds is 3. The molecular weight excluding hydrogens is 238 g/mol. The van der Waals surface area contributed by atoms with Gasteiger partial charge in [0.15, 0.2) is 0 Å². The van der Waals surface area contributed by atoms with Crippen molar-refractivity contribution in [3.63, 3.8) is 0 Å². The monoisotopic (exact) mass is 257 g/mol. The summed E-state index contributed by atoms with van der Waals surface area (Å²) in [6.45, 7) is 2.04. The van der Waals surface area contributed by atoms with Gasteiger partial charge in [0.2, 0.25) is 0 Å². The number of hydrogen-bond donors (Lipinski definition) is 1. The van der Waals surface area contributed by atoms with Gasteiger partial charge < -0.3 is 10.3 Å². The van der Waals surface area contributed by atoms with Crippen LogP contribution in [0, 0.1) is 0 Å². The van der Waals surface area contributed by atoms with Crippen LogP contribution in [0.2, 0.25) is 0 Å². The first-order valence-electron chi connectivity index (χ1n) is 6.01. The Labute approximate surface area is 102 Å². The molecule has 0 spiro atoms. The van der Waals surface area contributed by atoms with E-state index in [-0.39, 0.29) is 23.6 Å². The van der Waals surface area contributed by atoms with Crippen LogP contribution in [0.15, 0.2) is 12.5 Å². The summed E-state index contributed by atoms with van der Waals surface area (Å²) in [5, 5.41) is 0. The smallest absolute Gasteiger partial charge is 0.150 e. The third-order valence-electron chi connectivity index (χ3n) is 3.43. The fourth-order valence-electron chi connectivity index (χ4n) is 2.27. The Balaban J connectivity index is 2.16. The summed E-state index contributed by atoms with van der Waals surface area (Å²) in [5.41, 5.74) is 7.03. The van der Waals surface area contributed by atoms with E-state index in [0.717, 1.165) is 12.1 Å². The van der Waals surface area contributed by atoms with E-state index in [1.54, 1.807) is 12.5 Å². The molecule has 1 saturated heterocycles. The van der Waals surface area contributed by atoms with Crippen LogP contribution in [0.3, 0.4) is 0 Å². The molecule has 0 saturated carbocycles. The minimum absolute atomic E-state index is 0.0176. The number of nitrogens with two attached hydrogens (primary N) is 1.